The minimum atomic E-state index is -1.26. The predicted octanol–water partition coefficient (Wildman–Crippen LogP) is 0.884. The second-order valence-electron chi connectivity index (χ2n) is 2.11. The topological polar surface area (TPSA) is 88.0 Å². The van der Waals surface area contributed by atoms with Crippen LogP contribution in [-0.4, -0.2) is 35.1 Å². The maximum Gasteiger partial charge on any atom is 0.425 e. The van der Waals surface area contributed by atoms with Gasteiger partial charge in [0, 0.05) is 0 Å². The summed E-state index contributed by atoms with van der Waals surface area (Å²) in [5.74, 6) is -0.423. The van der Waals surface area contributed by atoms with Crippen LogP contribution in [0.5, 0.6) is 0 Å². The molecule has 0 radical (unpaired) electrons. The van der Waals surface area contributed by atoms with Gasteiger partial charge in [-0.25, -0.2) is 10.2 Å². The van der Waals surface area contributed by atoms with Gasteiger partial charge in [0.1, 0.15) is 5.04 Å². The van der Waals surface area contributed by atoms with E-state index in [1.54, 1.807) is 13.2 Å². The first-order valence-electron chi connectivity index (χ1n) is 3.85. The van der Waals surface area contributed by atoms with Crippen molar-refractivity contribution >= 4 is 28.9 Å². The summed E-state index contributed by atoms with van der Waals surface area (Å²) < 4.78 is 4.67. The number of hydrogen-bond acceptors (Lipinski definition) is 5. The number of carbonyl (C=O) groups is 2. The van der Waals surface area contributed by atoms with Gasteiger partial charge in [0.05, 0.1) is 13.0 Å². The third kappa shape index (κ3) is 6.30. The Morgan fingerprint density at radius 3 is 2.64 bits per heavy atom. The van der Waals surface area contributed by atoms with Crippen LogP contribution in [0.2, 0.25) is 0 Å². The van der Waals surface area contributed by atoms with Crippen LogP contribution in [0.15, 0.2) is 5.10 Å². The van der Waals surface area contributed by atoms with E-state index >= 15 is 0 Å². The van der Waals surface area contributed by atoms with Crippen molar-refractivity contribution in [3.8, 4) is 0 Å². The molecule has 0 saturated heterocycles. The Bertz CT molecular complexity index is 242. The van der Waals surface area contributed by atoms with Crippen molar-refractivity contribution in [3.05, 3.63) is 0 Å². The molecular formula is C7H12N2O4S. The van der Waals surface area contributed by atoms with Crippen LogP contribution in [-0.2, 0) is 9.53 Å². The third-order valence-electron chi connectivity index (χ3n) is 1.11. The molecule has 0 aromatic heterocycles. The minimum Gasteiger partial charge on any atom is -0.466 e. The Labute approximate surface area is 85.7 Å². The van der Waals surface area contributed by atoms with Gasteiger partial charge in [0.25, 0.3) is 0 Å². The Morgan fingerprint density at radius 2 is 2.21 bits per heavy atom. The number of amides is 1. The number of nitrogens with zero attached hydrogens (tertiary/aromatic N) is 1. The zero-order chi connectivity index (χ0) is 11.0. The van der Waals surface area contributed by atoms with E-state index in [2.05, 4.69) is 9.84 Å². The maximum atomic E-state index is 11.0. The molecule has 0 aliphatic carbocycles. The number of ether oxygens (including phenoxy) is 1. The molecule has 0 fully saturated rings. The van der Waals surface area contributed by atoms with Gasteiger partial charge in [-0.3, -0.25) is 4.79 Å². The molecule has 6 nitrogen and oxygen atoms in total. The summed E-state index contributed by atoms with van der Waals surface area (Å²) in [5, 5.41) is 12.1. The summed E-state index contributed by atoms with van der Waals surface area (Å²) in [7, 11) is 0. The van der Waals surface area contributed by atoms with Crippen LogP contribution in [0, 0.1) is 0 Å². The standard InChI is InChI=1S/C7H12N2O4S/c1-3-13-6(10)4-5(14-2)8-9-7(11)12/h9H,3-4H2,1-2H3,(H,11,12)/b8-5-. The molecule has 0 aromatic carbocycles. The van der Waals surface area contributed by atoms with Gasteiger partial charge in [-0.1, -0.05) is 0 Å². The molecule has 1 amide bonds. The van der Waals surface area contributed by atoms with Gasteiger partial charge in [-0.05, 0) is 13.2 Å². The Hall–Kier alpha value is -1.24. The molecule has 0 aliphatic rings. The minimum absolute atomic E-state index is 0.0186. The highest BCUT2D eigenvalue weighted by molar-refractivity contribution is 8.13. The van der Waals surface area contributed by atoms with Crippen LogP contribution in [0.25, 0.3) is 0 Å². The van der Waals surface area contributed by atoms with E-state index in [-0.39, 0.29) is 6.42 Å². The van der Waals surface area contributed by atoms with E-state index in [1.165, 1.54) is 11.8 Å². The average Bonchev–Trinajstić information content (AvgIpc) is 2.12. The lowest BCUT2D eigenvalue weighted by molar-refractivity contribution is -0.141. The summed E-state index contributed by atoms with van der Waals surface area (Å²) in [5.41, 5.74) is 1.82. The molecule has 0 atom stereocenters. The molecule has 14 heavy (non-hydrogen) atoms. The van der Waals surface area contributed by atoms with Crippen LogP contribution < -0.4 is 5.43 Å². The zero-order valence-electron chi connectivity index (χ0n) is 7.94. The van der Waals surface area contributed by atoms with E-state index in [1.807, 2.05) is 5.43 Å². The van der Waals surface area contributed by atoms with E-state index in [0.717, 1.165) is 0 Å². The largest absolute Gasteiger partial charge is 0.466 e. The SMILES string of the molecule is CCOC(=O)C/C(=N/NC(=O)O)SC. The molecule has 0 bridgehead atoms. The van der Waals surface area contributed by atoms with E-state index < -0.39 is 12.1 Å². The molecule has 0 aliphatic heterocycles. The second kappa shape index (κ2) is 7.19. The first-order chi connectivity index (χ1) is 6.60. The summed E-state index contributed by atoms with van der Waals surface area (Å²) in [6, 6.07) is 0. The van der Waals surface area contributed by atoms with Gasteiger partial charge in [-0.15, -0.1) is 11.8 Å². The smallest absolute Gasteiger partial charge is 0.425 e. The molecule has 0 spiro atoms. The van der Waals surface area contributed by atoms with E-state index in [0.29, 0.717) is 11.7 Å². The van der Waals surface area contributed by atoms with Crippen molar-refractivity contribution in [3.63, 3.8) is 0 Å². The monoisotopic (exact) mass is 220 g/mol. The highest BCUT2D eigenvalue weighted by Crippen LogP contribution is 2.03. The zero-order valence-corrected chi connectivity index (χ0v) is 8.76. The molecule has 0 aromatic rings. The lowest BCUT2D eigenvalue weighted by Gasteiger charge is -2.02. The van der Waals surface area contributed by atoms with Crippen molar-refractivity contribution < 1.29 is 19.4 Å². The fraction of sp³-hybridized carbons (Fsp3) is 0.571. The molecule has 80 valence electrons. The lowest BCUT2D eigenvalue weighted by atomic mass is 10.5. The number of nitrogens with one attached hydrogen (secondary N) is 1. The maximum absolute atomic E-state index is 11.0. The van der Waals surface area contributed by atoms with Crippen molar-refractivity contribution in [2.45, 2.75) is 13.3 Å². The van der Waals surface area contributed by atoms with Crippen molar-refractivity contribution in [1.29, 1.82) is 0 Å². The third-order valence-corrected chi connectivity index (χ3v) is 1.82. The van der Waals surface area contributed by atoms with Gasteiger partial charge in [-0.2, -0.15) is 5.10 Å². The molecule has 0 saturated carbocycles. The van der Waals surface area contributed by atoms with Crippen molar-refractivity contribution in [2.24, 2.45) is 5.10 Å². The van der Waals surface area contributed by atoms with Gasteiger partial charge in [0.2, 0.25) is 0 Å². The van der Waals surface area contributed by atoms with Crippen molar-refractivity contribution in [1.82, 2.24) is 5.43 Å². The second-order valence-corrected chi connectivity index (χ2v) is 2.99. The van der Waals surface area contributed by atoms with E-state index in [4.69, 9.17) is 5.11 Å². The van der Waals surface area contributed by atoms with Gasteiger partial charge < -0.3 is 9.84 Å². The quantitative estimate of drug-likeness (QED) is 0.318. The highest BCUT2D eigenvalue weighted by atomic mass is 32.2. The van der Waals surface area contributed by atoms with Gasteiger partial charge >= 0.3 is 12.1 Å². The van der Waals surface area contributed by atoms with Crippen LogP contribution in [0.4, 0.5) is 4.79 Å². The predicted molar refractivity (Wildman–Crippen MR) is 53.4 cm³/mol. The average molecular weight is 220 g/mol. The number of hydrogen-bond donors (Lipinski definition) is 2. The van der Waals surface area contributed by atoms with Crippen LogP contribution in [0.3, 0.4) is 0 Å². The van der Waals surface area contributed by atoms with Gasteiger partial charge in [0.15, 0.2) is 0 Å². The highest BCUT2D eigenvalue weighted by Gasteiger charge is 2.07. The fourth-order valence-electron chi connectivity index (χ4n) is 0.603. The Balaban J connectivity index is 4.07. The number of esters is 1. The molecule has 0 heterocycles. The molecule has 0 rings (SSSR count). The molecule has 0 unspecified atom stereocenters. The Kier molecular flexibility index (Phi) is 6.55. The Morgan fingerprint density at radius 1 is 1.57 bits per heavy atom. The number of carbonyl (C=O) groups excluding carboxylic acids is 1. The normalized spacial score (nSPS) is 10.9. The molecule has 2 N–H and O–H groups in total. The summed E-state index contributed by atoms with van der Waals surface area (Å²) in [6.45, 7) is 2.00. The summed E-state index contributed by atoms with van der Waals surface area (Å²) in [6.07, 6.45) is 0.414. The van der Waals surface area contributed by atoms with Crippen LogP contribution in [0.1, 0.15) is 13.3 Å². The molecular weight excluding hydrogens is 208 g/mol. The molecule has 7 heteroatoms. The summed E-state index contributed by atoms with van der Waals surface area (Å²) in [4.78, 5) is 21.1. The summed E-state index contributed by atoms with van der Waals surface area (Å²) >= 11 is 1.19. The first-order valence-corrected chi connectivity index (χ1v) is 5.07. The number of carboxylic acid groups (broad SMARTS) is 1. The lowest BCUT2D eigenvalue weighted by Crippen LogP contribution is -2.17. The number of hydrazone groups is 1. The van der Waals surface area contributed by atoms with Crippen LogP contribution >= 0.6 is 11.8 Å². The number of rotatable bonds is 4. The van der Waals surface area contributed by atoms with Crippen molar-refractivity contribution in [2.75, 3.05) is 12.9 Å². The van der Waals surface area contributed by atoms with E-state index in [9.17, 15) is 9.59 Å². The first kappa shape index (κ1) is 12.8. The fourth-order valence-corrected chi connectivity index (χ4v) is 1.00. The number of thioether (sulfide) groups is 1.